The van der Waals surface area contributed by atoms with Gasteiger partial charge in [-0.1, -0.05) is 38.1 Å². The molecule has 0 N–H and O–H groups in total. The van der Waals surface area contributed by atoms with E-state index in [0.717, 1.165) is 6.42 Å². The molecule has 1 amide bonds. The number of likely N-dealkylation sites (N-methyl/N-ethyl adjacent to an activating group) is 1. The molecule has 0 unspecified atom stereocenters. The van der Waals surface area contributed by atoms with E-state index in [-0.39, 0.29) is 11.5 Å². The second-order valence-electron chi connectivity index (χ2n) is 6.84. The van der Waals surface area contributed by atoms with Crippen molar-refractivity contribution in [2.45, 2.75) is 50.7 Å². The maximum absolute atomic E-state index is 12.1. The van der Waals surface area contributed by atoms with Gasteiger partial charge in [0.2, 0.25) is 0 Å². The summed E-state index contributed by atoms with van der Waals surface area (Å²) in [7, 11) is 1.84. The number of amides is 1. The molecule has 0 aromatic heterocycles. The highest BCUT2D eigenvalue weighted by molar-refractivity contribution is 5.74. The highest BCUT2D eigenvalue weighted by Crippen LogP contribution is 2.57. The lowest BCUT2D eigenvalue weighted by Crippen LogP contribution is -2.57. The summed E-state index contributed by atoms with van der Waals surface area (Å²) in [6.45, 7) is 8.63. The first kappa shape index (κ1) is 12.5. The molecule has 0 radical (unpaired) electrons. The molecule has 102 valence electrons. The van der Waals surface area contributed by atoms with Gasteiger partial charge in [0.15, 0.2) is 0 Å². The normalized spacial score (nSPS) is 35.6. The Morgan fingerprint density at radius 2 is 1.68 bits per heavy atom. The Bertz CT molecular complexity index is 566. The van der Waals surface area contributed by atoms with E-state index >= 15 is 0 Å². The number of hydrogen-bond donors (Lipinski definition) is 0. The Morgan fingerprint density at radius 1 is 1.11 bits per heavy atom. The molecule has 3 rings (SSSR count). The average Bonchev–Trinajstić information content (AvgIpc) is 2.50. The number of hydrogen-bond acceptors (Lipinski definition) is 2. The van der Waals surface area contributed by atoms with Crippen LogP contribution in [0.1, 0.15) is 45.2 Å². The first-order valence-electron chi connectivity index (χ1n) is 6.79. The summed E-state index contributed by atoms with van der Waals surface area (Å²) in [4.78, 5) is 13.8. The Kier molecular flexibility index (Phi) is 2.19. The largest absolute Gasteiger partial charge is 0.440 e. The average molecular weight is 259 g/mol. The lowest BCUT2D eigenvalue weighted by Gasteiger charge is -2.51. The smallest absolute Gasteiger partial charge is 0.411 e. The Morgan fingerprint density at radius 3 is 2.32 bits per heavy atom. The van der Waals surface area contributed by atoms with E-state index < -0.39 is 11.1 Å². The third kappa shape index (κ3) is 1.31. The van der Waals surface area contributed by atoms with Gasteiger partial charge in [0, 0.05) is 7.05 Å². The summed E-state index contributed by atoms with van der Waals surface area (Å²) in [5.74, 6) is 0. The molecule has 0 saturated carbocycles. The molecule has 19 heavy (non-hydrogen) atoms. The molecule has 2 atom stereocenters. The van der Waals surface area contributed by atoms with Crippen molar-refractivity contribution in [1.29, 1.82) is 0 Å². The van der Waals surface area contributed by atoms with Crippen LogP contribution in [0.5, 0.6) is 0 Å². The van der Waals surface area contributed by atoms with E-state index in [9.17, 15) is 4.79 Å². The third-order valence-electron chi connectivity index (χ3n) is 5.25. The second kappa shape index (κ2) is 3.33. The Labute approximate surface area is 114 Å². The molecule has 3 heteroatoms. The van der Waals surface area contributed by atoms with Gasteiger partial charge in [0.25, 0.3) is 0 Å². The van der Waals surface area contributed by atoms with Crippen LogP contribution >= 0.6 is 0 Å². The highest BCUT2D eigenvalue weighted by atomic mass is 16.6. The number of benzene rings is 1. The van der Waals surface area contributed by atoms with Crippen molar-refractivity contribution < 1.29 is 9.53 Å². The van der Waals surface area contributed by atoms with Crippen molar-refractivity contribution in [3.63, 3.8) is 0 Å². The molecule has 0 spiro atoms. The van der Waals surface area contributed by atoms with E-state index in [0.29, 0.717) is 0 Å². The van der Waals surface area contributed by atoms with Crippen LogP contribution in [-0.4, -0.2) is 23.6 Å². The minimum atomic E-state index is -0.476. The van der Waals surface area contributed by atoms with Gasteiger partial charge >= 0.3 is 6.09 Å². The molecule has 1 aliphatic heterocycles. The van der Waals surface area contributed by atoms with Crippen LogP contribution in [0.3, 0.4) is 0 Å². The van der Waals surface area contributed by atoms with E-state index in [1.165, 1.54) is 11.1 Å². The quantitative estimate of drug-likeness (QED) is 0.714. The number of fused-ring (bicyclic) bond motifs is 3. The molecule has 1 heterocycles. The van der Waals surface area contributed by atoms with Crippen molar-refractivity contribution >= 4 is 6.09 Å². The fraction of sp³-hybridized carbons (Fsp3) is 0.562. The molecular formula is C16H21NO2. The number of carbonyl (C=O) groups is 1. The number of nitrogens with zero attached hydrogens (tertiary/aromatic N) is 1. The predicted molar refractivity (Wildman–Crippen MR) is 74.1 cm³/mol. The summed E-state index contributed by atoms with van der Waals surface area (Å²) in [6.07, 6.45) is 0.612. The van der Waals surface area contributed by atoms with E-state index in [4.69, 9.17) is 4.74 Å². The molecule has 1 aromatic carbocycles. The topological polar surface area (TPSA) is 29.5 Å². The van der Waals surface area contributed by atoms with Gasteiger partial charge < -0.3 is 4.74 Å². The van der Waals surface area contributed by atoms with Crippen LogP contribution in [0.2, 0.25) is 0 Å². The van der Waals surface area contributed by atoms with Crippen molar-refractivity contribution in [3.05, 3.63) is 35.4 Å². The standard InChI is InChI=1S/C16H21NO2/c1-14(2)10-15(3)16(4,17(5)13(18)19-15)12-9-7-6-8-11(12)14/h6-9H,10H2,1-5H3/t15-,16+/m0/s1. The van der Waals surface area contributed by atoms with Gasteiger partial charge in [-0.25, -0.2) is 4.79 Å². The fourth-order valence-electron chi connectivity index (χ4n) is 4.01. The zero-order chi connectivity index (χ0) is 14.1. The molecule has 0 bridgehead atoms. The second-order valence-corrected chi connectivity index (χ2v) is 6.84. The van der Waals surface area contributed by atoms with Crippen molar-refractivity contribution in [1.82, 2.24) is 4.90 Å². The van der Waals surface area contributed by atoms with Gasteiger partial charge in [-0.05, 0) is 36.8 Å². The van der Waals surface area contributed by atoms with Crippen LogP contribution in [0.25, 0.3) is 0 Å². The van der Waals surface area contributed by atoms with Crippen molar-refractivity contribution in [2.75, 3.05) is 7.05 Å². The zero-order valence-electron chi connectivity index (χ0n) is 12.3. The minimum Gasteiger partial charge on any atom is -0.440 e. The van der Waals surface area contributed by atoms with Crippen molar-refractivity contribution in [2.24, 2.45) is 0 Å². The molecule has 1 saturated heterocycles. The minimum absolute atomic E-state index is 0.0102. The zero-order valence-corrected chi connectivity index (χ0v) is 12.3. The summed E-state index contributed by atoms with van der Waals surface area (Å²) in [6, 6.07) is 8.43. The van der Waals surface area contributed by atoms with Gasteiger partial charge in [-0.3, -0.25) is 4.90 Å². The Balaban J connectivity index is 2.32. The van der Waals surface area contributed by atoms with Crippen LogP contribution in [-0.2, 0) is 15.7 Å². The molecular weight excluding hydrogens is 238 g/mol. The van der Waals surface area contributed by atoms with E-state index in [1.807, 2.05) is 13.1 Å². The van der Waals surface area contributed by atoms with Crippen molar-refractivity contribution in [3.8, 4) is 0 Å². The molecule has 1 aromatic rings. The van der Waals surface area contributed by atoms with Gasteiger partial charge in [0.05, 0.1) is 0 Å². The predicted octanol–water partition coefficient (Wildman–Crippen LogP) is 3.42. The maximum Gasteiger partial charge on any atom is 0.411 e. The van der Waals surface area contributed by atoms with Crippen LogP contribution in [0.4, 0.5) is 4.79 Å². The van der Waals surface area contributed by atoms with E-state index in [2.05, 4.69) is 45.9 Å². The first-order valence-corrected chi connectivity index (χ1v) is 6.79. The summed E-state index contributed by atoms with van der Waals surface area (Å²) in [5, 5.41) is 0. The Hall–Kier alpha value is -1.51. The lowest BCUT2D eigenvalue weighted by atomic mass is 9.59. The molecule has 3 nitrogen and oxygen atoms in total. The fourth-order valence-corrected chi connectivity index (χ4v) is 4.01. The van der Waals surface area contributed by atoms with Gasteiger partial charge in [-0.2, -0.15) is 0 Å². The monoisotopic (exact) mass is 259 g/mol. The number of carbonyl (C=O) groups excluding carboxylic acids is 1. The number of ether oxygens (including phenoxy) is 1. The number of rotatable bonds is 0. The SMILES string of the molecule is CN1C(=O)O[C@@]2(C)CC(C)(C)c3ccccc3[C@@]12C. The van der Waals surface area contributed by atoms with E-state index in [1.54, 1.807) is 4.90 Å². The third-order valence-corrected chi connectivity index (χ3v) is 5.25. The lowest BCUT2D eigenvalue weighted by molar-refractivity contribution is -0.0262. The summed E-state index contributed by atoms with van der Waals surface area (Å²) < 4.78 is 5.75. The summed E-state index contributed by atoms with van der Waals surface area (Å²) in [5.41, 5.74) is 1.67. The van der Waals surface area contributed by atoms with Crippen LogP contribution in [0.15, 0.2) is 24.3 Å². The van der Waals surface area contributed by atoms with Gasteiger partial charge in [-0.15, -0.1) is 0 Å². The van der Waals surface area contributed by atoms with Gasteiger partial charge in [0.1, 0.15) is 11.1 Å². The van der Waals surface area contributed by atoms with Crippen LogP contribution in [0, 0.1) is 0 Å². The molecule has 1 fully saturated rings. The highest BCUT2D eigenvalue weighted by Gasteiger charge is 2.64. The molecule has 2 aliphatic rings. The molecule has 1 aliphatic carbocycles. The summed E-state index contributed by atoms with van der Waals surface area (Å²) >= 11 is 0. The maximum atomic E-state index is 12.1. The van der Waals surface area contributed by atoms with Crippen LogP contribution < -0.4 is 0 Å². The first-order chi connectivity index (χ1) is 8.72.